The number of piperazine rings is 1. The number of rotatable bonds is 12. The summed E-state index contributed by atoms with van der Waals surface area (Å²) in [6.45, 7) is 6.93. The van der Waals surface area contributed by atoms with E-state index in [-0.39, 0.29) is 24.7 Å². The largest absolute Gasteiger partial charge is 0.466 e. The fourth-order valence-corrected chi connectivity index (χ4v) is 2.95. The number of ether oxygens (including phenoxy) is 1. The van der Waals surface area contributed by atoms with Crippen LogP contribution in [0, 0.1) is 0 Å². The summed E-state index contributed by atoms with van der Waals surface area (Å²) in [6, 6.07) is 0. The average molecular weight is 361 g/mol. The first-order valence-corrected chi connectivity index (χ1v) is 9.92. The second-order valence-corrected chi connectivity index (χ2v) is 6.78. The number of hydrogen-bond donors (Lipinski definition) is 0. The van der Waals surface area contributed by atoms with Crippen molar-refractivity contribution in [1.82, 2.24) is 9.80 Å². The van der Waals surface area contributed by atoms with Crippen molar-refractivity contribution in [3.8, 4) is 0 Å². The summed E-state index contributed by atoms with van der Waals surface area (Å²) in [5, 5.41) is 0. The molecule has 1 aliphatic rings. The number of esters is 1. The van der Waals surface area contributed by atoms with E-state index in [1.54, 1.807) is 0 Å². The zero-order valence-corrected chi connectivity index (χ0v) is 15.9. The summed E-state index contributed by atoms with van der Waals surface area (Å²) < 4.78 is 5.19. The van der Waals surface area contributed by atoms with Gasteiger partial charge in [-0.2, -0.15) is 0 Å². The number of halogens is 1. The van der Waals surface area contributed by atoms with Gasteiger partial charge in [0, 0.05) is 38.5 Å². The smallest absolute Gasteiger partial charge is 0.306 e. The first-order valence-electron chi connectivity index (χ1n) is 9.39. The highest BCUT2D eigenvalue weighted by atomic mass is 35.5. The normalized spacial score (nSPS) is 15.5. The van der Waals surface area contributed by atoms with Crippen molar-refractivity contribution in [2.45, 2.75) is 58.3 Å². The number of nitrogens with zero attached hydrogens (tertiary/aromatic N) is 2. The van der Waals surface area contributed by atoms with Crippen LogP contribution in [0.3, 0.4) is 0 Å². The van der Waals surface area contributed by atoms with Gasteiger partial charge < -0.3 is 9.64 Å². The second kappa shape index (κ2) is 13.5. The minimum atomic E-state index is -0.250. The van der Waals surface area contributed by atoms with Crippen molar-refractivity contribution >= 4 is 23.5 Å². The van der Waals surface area contributed by atoms with E-state index in [4.69, 9.17) is 16.3 Å². The molecular weight excluding hydrogens is 328 g/mol. The molecule has 1 saturated heterocycles. The molecule has 0 unspecified atom stereocenters. The van der Waals surface area contributed by atoms with Crippen molar-refractivity contribution in [2.75, 3.05) is 45.2 Å². The fourth-order valence-electron chi connectivity index (χ4n) is 2.84. The van der Waals surface area contributed by atoms with Gasteiger partial charge >= 0.3 is 5.97 Å². The van der Waals surface area contributed by atoms with Crippen molar-refractivity contribution in [2.24, 2.45) is 0 Å². The third-order valence-corrected chi connectivity index (χ3v) is 4.65. The quantitative estimate of drug-likeness (QED) is 0.305. The monoisotopic (exact) mass is 360 g/mol. The molecule has 6 heteroatoms. The molecule has 1 fully saturated rings. The Labute approximate surface area is 151 Å². The van der Waals surface area contributed by atoms with E-state index >= 15 is 0 Å². The zero-order valence-electron chi connectivity index (χ0n) is 15.1. The van der Waals surface area contributed by atoms with Crippen LogP contribution in [0.1, 0.15) is 58.3 Å². The molecule has 1 rings (SSSR count). The summed E-state index contributed by atoms with van der Waals surface area (Å²) in [5.41, 5.74) is 0. The Kier molecular flexibility index (Phi) is 11.9. The Balaban J connectivity index is 2.06. The molecule has 0 aliphatic carbocycles. The number of carbonyl (C=O) groups excluding carboxylic acids is 2. The molecule has 24 heavy (non-hydrogen) atoms. The minimum Gasteiger partial charge on any atom is -0.466 e. The van der Waals surface area contributed by atoms with Gasteiger partial charge in [0.05, 0.1) is 13.0 Å². The van der Waals surface area contributed by atoms with Gasteiger partial charge in [0.25, 0.3) is 0 Å². The van der Waals surface area contributed by atoms with E-state index in [2.05, 4.69) is 11.8 Å². The van der Waals surface area contributed by atoms with Crippen LogP contribution in [-0.4, -0.2) is 66.9 Å². The van der Waals surface area contributed by atoms with E-state index < -0.39 is 0 Å². The molecule has 1 amide bonds. The molecule has 0 atom stereocenters. The molecule has 0 aromatic rings. The Morgan fingerprint density at radius 3 is 2.33 bits per heavy atom. The maximum atomic E-state index is 12.1. The van der Waals surface area contributed by atoms with Gasteiger partial charge in [-0.15, -0.1) is 11.6 Å². The maximum Gasteiger partial charge on any atom is 0.306 e. The van der Waals surface area contributed by atoms with Crippen LogP contribution in [0.4, 0.5) is 0 Å². The van der Waals surface area contributed by atoms with Crippen molar-refractivity contribution in [3.63, 3.8) is 0 Å². The predicted molar refractivity (Wildman–Crippen MR) is 97.3 cm³/mol. The third-order valence-electron chi connectivity index (χ3n) is 4.39. The van der Waals surface area contributed by atoms with Crippen molar-refractivity contribution in [1.29, 1.82) is 0 Å². The van der Waals surface area contributed by atoms with Gasteiger partial charge in [-0.05, 0) is 19.4 Å². The van der Waals surface area contributed by atoms with Crippen LogP contribution in [0.15, 0.2) is 0 Å². The summed E-state index contributed by atoms with van der Waals surface area (Å²) in [6.07, 6.45) is 7.11. The molecule has 0 aromatic heterocycles. The number of alkyl halides is 1. The molecule has 1 aliphatic heterocycles. The van der Waals surface area contributed by atoms with Gasteiger partial charge in [-0.1, -0.05) is 32.6 Å². The highest BCUT2D eigenvalue weighted by Crippen LogP contribution is 2.07. The van der Waals surface area contributed by atoms with E-state index in [9.17, 15) is 9.59 Å². The van der Waals surface area contributed by atoms with Crippen LogP contribution in [-0.2, 0) is 14.3 Å². The zero-order chi connectivity index (χ0) is 17.6. The van der Waals surface area contributed by atoms with Crippen LogP contribution in [0.2, 0.25) is 0 Å². The molecule has 140 valence electrons. The first-order chi connectivity index (χ1) is 11.7. The van der Waals surface area contributed by atoms with Gasteiger partial charge in [0.2, 0.25) is 5.91 Å². The van der Waals surface area contributed by atoms with Crippen molar-refractivity contribution < 1.29 is 14.3 Å². The molecule has 0 radical (unpaired) electrons. The summed E-state index contributed by atoms with van der Waals surface area (Å²) >= 11 is 5.70. The Morgan fingerprint density at radius 2 is 1.67 bits per heavy atom. The SMILES string of the molecule is CCCCCCCOC(=O)CCC(=O)N1CCN(CCCCl)CC1. The standard InChI is InChI=1S/C18H33ClN2O3/c1-2-3-4-5-6-16-24-18(23)9-8-17(22)21-14-12-20(13-15-21)11-7-10-19/h2-16H2,1H3. The second-order valence-electron chi connectivity index (χ2n) is 6.40. The van der Waals surface area contributed by atoms with Gasteiger partial charge in [0.1, 0.15) is 0 Å². The highest BCUT2D eigenvalue weighted by Gasteiger charge is 2.21. The lowest BCUT2D eigenvalue weighted by Gasteiger charge is -2.34. The summed E-state index contributed by atoms with van der Waals surface area (Å²) in [5.74, 6) is 0.492. The first kappa shape index (κ1) is 21.2. The maximum absolute atomic E-state index is 12.1. The molecular formula is C18H33ClN2O3. The predicted octanol–water partition coefficient (Wildman–Crippen LogP) is 3.05. The molecule has 0 saturated carbocycles. The molecule has 0 aromatic carbocycles. The third kappa shape index (κ3) is 9.48. The number of unbranched alkanes of at least 4 members (excludes halogenated alkanes) is 4. The molecule has 1 heterocycles. The van der Waals surface area contributed by atoms with Crippen LogP contribution in [0.5, 0.6) is 0 Å². The lowest BCUT2D eigenvalue weighted by atomic mass is 10.2. The number of hydrogen-bond acceptors (Lipinski definition) is 4. The van der Waals surface area contributed by atoms with Gasteiger partial charge in [-0.25, -0.2) is 0 Å². The minimum absolute atomic E-state index is 0.0619. The topological polar surface area (TPSA) is 49.9 Å². The average Bonchev–Trinajstić information content (AvgIpc) is 2.61. The van der Waals surface area contributed by atoms with Gasteiger partial charge in [0.15, 0.2) is 0 Å². The summed E-state index contributed by atoms with van der Waals surface area (Å²) in [7, 11) is 0. The van der Waals surface area contributed by atoms with Crippen LogP contribution < -0.4 is 0 Å². The lowest BCUT2D eigenvalue weighted by molar-refractivity contribution is -0.146. The van der Waals surface area contributed by atoms with E-state index in [1.165, 1.54) is 19.3 Å². The van der Waals surface area contributed by atoms with E-state index in [0.29, 0.717) is 12.5 Å². The number of carbonyl (C=O) groups is 2. The molecule has 5 nitrogen and oxygen atoms in total. The molecule has 0 N–H and O–H groups in total. The molecule has 0 bridgehead atoms. The fraction of sp³-hybridized carbons (Fsp3) is 0.889. The Morgan fingerprint density at radius 1 is 0.958 bits per heavy atom. The van der Waals surface area contributed by atoms with E-state index in [0.717, 1.165) is 52.0 Å². The lowest BCUT2D eigenvalue weighted by Crippen LogP contribution is -2.48. The Bertz CT molecular complexity index is 358. The van der Waals surface area contributed by atoms with Crippen molar-refractivity contribution in [3.05, 3.63) is 0 Å². The number of amides is 1. The molecule has 0 spiro atoms. The van der Waals surface area contributed by atoms with Gasteiger partial charge in [-0.3, -0.25) is 14.5 Å². The summed E-state index contributed by atoms with van der Waals surface area (Å²) in [4.78, 5) is 28.0. The Hall–Kier alpha value is -0.810. The van der Waals surface area contributed by atoms with Crippen LogP contribution >= 0.6 is 11.6 Å². The van der Waals surface area contributed by atoms with E-state index in [1.807, 2.05) is 4.90 Å². The van der Waals surface area contributed by atoms with Crippen LogP contribution in [0.25, 0.3) is 0 Å². The highest BCUT2D eigenvalue weighted by molar-refractivity contribution is 6.17.